The molecular weight excluding hydrogens is 240 g/mol. The molecule has 0 radical (unpaired) electrons. The van der Waals surface area contributed by atoms with Gasteiger partial charge in [0.1, 0.15) is 0 Å². The predicted octanol–water partition coefficient (Wildman–Crippen LogP) is 1.22. The van der Waals surface area contributed by atoms with Gasteiger partial charge in [-0.15, -0.1) is 0 Å². The van der Waals surface area contributed by atoms with Crippen LogP contribution in [0, 0.1) is 0 Å². The molecule has 0 heterocycles. The van der Waals surface area contributed by atoms with E-state index in [0.29, 0.717) is 19.4 Å². The van der Waals surface area contributed by atoms with Crippen molar-refractivity contribution in [3.05, 3.63) is 35.9 Å². The van der Waals surface area contributed by atoms with Gasteiger partial charge >= 0.3 is 0 Å². The summed E-state index contributed by atoms with van der Waals surface area (Å²) in [5.41, 5.74) is 7.04. The van der Waals surface area contributed by atoms with Gasteiger partial charge in [0, 0.05) is 6.54 Å². The van der Waals surface area contributed by atoms with Gasteiger partial charge in [0.15, 0.2) is 0 Å². The Morgan fingerprint density at radius 3 is 2.63 bits per heavy atom. The normalized spacial score (nSPS) is 13.8. The van der Waals surface area contributed by atoms with Crippen molar-refractivity contribution in [1.82, 2.24) is 5.32 Å². The fourth-order valence-corrected chi connectivity index (χ4v) is 1.84. The summed E-state index contributed by atoms with van der Waals surface area (Å²) >= 11 is 0. The van der Waals surface area contributed by atoms with E-state index in [-0.39, 0.29) is 12.0 Å². The quantitative estimate of drug-likeness (QED) is 0.618. The van der Waals surface area contributed by atoms with Gasteiger partial charge in [-0.3, -0.25) is 4.79 Å². The first kappa shape index (κ1) is 15.7. The number of rotatable bonds is 8. The molecule has 0 aliphatic heterocycles. The standard InChI is InChI=1S/C15H24N2O2/c1-12(18)6-5-11-17-15(19)14(16)10-9-13-7-3-2-4-8-13/h2-4,7-8,12,14,18H,5-6,9-11,16H2,1H3,(H,17,19). The Bertz CT molecular complexity index is 366. The van der Waals surface area contributed by atoms with Crippen LogP contribution in [-0.2, 0) is 11.2 Å². The molecule has 0 spiro atoms. The maximum Gasteiger partial charge on any atom is 0.236 e. The van der Waals surface area contributed by atoms with Gasteiger partial charge in [-0.1, -0.05) is 30.3 Å². The molecule has 19 heavy (non-hydrogen) atoms. The molecule has 2 unspecified atom stereocenters. The van der Waals surface area contributed by atoms with Gasteiger partial charge in [-0.2, -0.15) is 0 Å². The number of aliphatic hydroxyl groups excluding tert-OH is 1. The third-order valence-electron chi connectivity index (χ3n) is 3.02. The van der Waals surface area contributed by atoms with Crippen molar-refractivity contribution in [1.29, 1.82) is 0 Å². The molecule has 0 fully saturated rings. The molecule has 1 rings (SSSR count). The molecule has 0 aliphatic rings. The van der Waals surface area contributed by atoms with Crippen molar-refractivity contribution in [2.24, 2.45) is 5.73 Å². The third kappa shape index (κ3) is 6.94. The lowest BCUT2D eigenvalue weighted by atomic mass is 10.1. The highest BCUT2D eigenvalue weighted by atomic mass is 16.3. The number of carbonyl (C=O) groups is 1. The molecule has 0 aliphatic carbocycles. The summed E-state index contributed by atoms with van der Waals surface area (Å²) in [6.07, 6.45) is 2.60. The van der Waals surface area contributed by atoms with E-state index in [2.05, 4.69) is 5.32 Å². The molecule has 1 aromatic rings. The van der Waals surface area contributed by atoms with Crippen LogP contribution in [0.1, 0.15) is 31.7 Å². The van der Waals surface area contributed by atoms with Crippen molar-refractivity contribution < 1.29 is 9.90 Å². The highest BCUT2D eigenvalue weighted by molar-refractivity contribution is 5.81. The molecule has 4 heteroatoms. The lowest BCUT2D eigenvalue weighted by Gasteiger charge is -2.12. The Labute approximate surface area is 115 Å². The first-order valence-corrected chi connectivity index (χ1v) is 6.85. The fraction of sp³-hybridized carbons (Fsp3) is 0.533. The van der Waals surface area contributed by atoms with E-state index in [9.17, 15) is 4.79 Å². The second-order valence-corrected chi connectivity index (χ2v) is 4.91. The number of nitrogens with two attached hydrogens (primary N) is 1. The third-order valence-corrected chi connectivity index (χ3v) is 3.02. The first-order chi connectivity index (χ1) is 9.09. The molecule has 0 aromatic heterocycles. The van der Waals surface area contributed by atoms with Crippen LogP contribution < -0.4 is 11.1 Å². The molecule has 0 saturated carbocycles. The summed E-state index contributed by atoms with van der Waals surface area (Å²) in [6.45, 7) is 2.32. The lowest BCUT2D eigenvalue weighted by molar-refractivity contribution is -0.122. The van der Waals surface area contributed by atoms with E-state index >= 15 is 0 Å². The van der Waals surface area contributed by atoms with Gasteiger partial charge in [-0.25, -0.2) is 0 Å². The zero-order valence-electron chi connectivity index (χ0n) is 11.5. The summed E-state index contributed by atoms with van der Waals surface area (Å²) < 4.78 is 0. The van der Waals surface area contributed by atoms with Crippen LogP contribution in [0.3, 0.4) is 0 Å². The number of hydrogen-bond acceptors (Lipinski definition) is 3. The number of aliphatic hydroxyl groups is 1. The van der Waals surface area contributed by atoms with Crippen LogP contribution in [0.4, 0.5) is 0 Å². The van der Waals surface area contributed by atoms with Crippen molar-refractivity contribution in [3.8, 4) is 0 Å². The minimum atomic E-state index is -0.466. The van der Waals surface area contributed by atoms with Crippen LogP contribution >= 0.6 is 0 Å². The number of nitrogens with one attached hydrogen (secondary N) is 1. The minimum absolute atomic E-state index is 0.110. The largest absolute Gasteiger partial charge is 0.393 e. The molecule has 4 N–H and O–H groups in total. The average molecular weight is 264 g/mol. The maximum atomic E-state index is 11.7. The number of hydrogen-bond donors (Lipinski definition) is 3. The van der Waals surface area contributed by atoms with Gasteiger partial charge < -0.3 is 16.2 Å². The van der Waals surface area contributed by atoms with Gasteiger partial charge in [0.25, 0.3) is 0 Å². The molecule has 0 bridgehead atoms. The number of benzene rings is 1. The maximum absolute atomic E-state index is 11.7. The van der Waals surface area contributed by atoms with Crippen molar-refractivity contribution in [2.45, 2.75) is 44.8 Å². The zero-order valence-corrected chi connectivity index (χ0v) is 11.5. The van der Waals surface area contributed by atoms with Crippen LogP contribution in [0.5, 0.6) is 0 Å². The number of aryl methyl sites for hydroxylation is 1. The topological polar surface area (TPSA) is 75.3 Å². The second-order valence-electron chi connectivity index (χ2n) is 4.91. The Morgan fingerprint density at radius 1 is 1.32 bits per heavy atom. The van der Waals surface area contributed by atoms with E-state index in [1.165, 1.54) is 5.56 Å². The number of carbonyl (C=O) groups excluding carboxylic acids is 1. The van der Waals surface area contributed by atoms with Crippen molar-refractivity contribution in [2.75, 3.05) is 6.54 Å². The van der Waals surface area contributed by atoms with Crippen LogP contribution in [-0.4, -0.2) is 29.7 Å². The Morgan fingerprint density at radius 2 is 2.00 bits per heavy atom. The Hall–Kier alpha value is -1.39. The van der Waals surface area contributed by atoms with E-state index in [0.717, 1.165) is 12.8 Å². The highest BCUT2D eigenvalue weighted by Gasteiger charge is 2.12. The smallest absolute Gasteiger partial charge is 0.236 e. The molecule has 1 amide bonds. The highest BCUT2D eigenvalue weighted by Crippen LogP contribution is 2.04. The van der Waals surface area contributed by atoms with Crippen LogP contribution in [0.2, 0.25) is 0 Å². The zero-order chi connectivity index (χ0) is 14.1. The van der Waals surface area contributed by atoms with Gasteiger partial charge in [-0.05, 0) is 38.2 Å². The van der Waals surface area contributed by atoms with Gasteiger partial charge in [0.2, 0.25) is 5.91 Å². The minimum Gasteiger partial charge on any atom is -0.393 e. The summed E-state index contributed by atoms with van der Waals surface area (Å²) in [5, 5.41) is 11.9. The van der Waals surface area contributed by atoms with E-state index in [1.54, 1.807) is 6.92 Å². The predicted molar refractivity (Wildman–Crippen MR) is 76.7 cm³/mol. The van der Waals surface area contributed by atoms with Crippen molar-refractivity contribution in [3.63, 3.8) is 0 Å². The molecule has 2 atom stereocenters. The first-order valence-electron chi connectivity index (χ1n) is 6.85. The van der Waals surface area contributed by atoms with E-state index in [1.807, 2.05) is 30.3 Å². The SMILES string of the molecule is CC(O)CCCNC(=O)C(N)CCc1ccccc1. The van der Waals surface area contributed by atoms with Crippen LogP contribution in [0.25, 0.3) is 0 Å². The monoisotopic (exact) mass is 264 g/mol. The Balaban J connectivity index is 2.18. The molecule has 106 valence electrons. The lowest BCUT2D eigenvalue weighted by Crippen LogP contribution is -2.41. The molecule has 1 aromatic carbocycles. The van der Waals surface area contributed by atoms with E-state index < -0.39 is 6.04 Å². The molecular formula is C15H24N2O2. The Kier molecular flexibility index (Phi) is 7.15. The van der Waals surface area contributed by atoms with Crippen LogP contribution in [0.15, 0.2) is 30.3 Å². The summed E-state index contributed by atoms with van der Waals surface area (Å²) in [4.78, 5) is 11.7. The fourth-order valence-electron chi connectivity index (χ4n) is 1.84. The molecule has 0 saturated heterocycles. The summed E-state index contributed by atoms with van der Waals surface area (Å²) in [5.74, 6) is -0.110. The van der Waals surface area contributed by atoms with Crippen molar-refractivity contribution >= 4 is 5.91 Å². The summed E-state index contributed by atoms with van der Waals surface area (Å²) in [6, 6.07) is 9.54. The second kappa shape index (κ2) is 8.67. The molecule has 4 nitrogen and oxygen atoms in total. The van der Waals surface area contributed by atoms with Gasteiger partial charge in [0.05, 0.1) is 12.1 Å². The summed E-state index contributed by atoms with van der Waals surface area (Å²) in [7, 11) is 0. The van der Waals surface area contributed by atoms with E-state index in [4.69, 9.17) is 10.8 Å². The number of amides is 1. The average Bonchev–Trinajstić information content (AvgIpc) is 2.41.